The van der Waals surface area contributed by atoms with E-state index in [4.69, 9.17) is 0 Å². The summed E-state index contributed by atoms with van der Waals surface area (Å²) in [5, 5.41) is 10.5. The van der Waals surface area contributed by atoms with Crippen LogP contribution in [0.25, 0.3) is 10.9 Å². The van der Waals surface area contributed by atoms with E-state index in [1.165, 1.54) is 5.56 Å². The second kappa shape index (κ2) is 9.14. The van der Waals surface area contributed by atoms with Gasteiger partial charge in [0.15, 0.2) is 0 Å². The number of benzene rings is 1. The summed E-state index contributed by atoms with van der Waals surface area (Å²) in [6, 6.07) is 10.8. The number of nitrogens with zero attached hydrogens (tertiary/aromatic N) is 4. The van der Waals surface area contributed by atoms with Crippen LogP contribution in [0.4, 0.5) is 0 Å². The molecule has 4 rings (SSSR count). The maximum atomic E-state index is 13.1. The van der Waals surface area contributed by atoms with E-state index in [2.05, 4.69) is 46.8 Å². The Morgan fingerprint density at radius 1 is 1.20 bits per heavy atom. The summed E-state index contributed by atoms with van der Waals surface area (Å²) in [5.74, 6) is 1.15. The van der Waals surface area contributed by atoms with E-state index in [0.717, 1.165) is 62.8 Å². The number of carbonyl (C=O) groups is 1. The molecule has 0 bridgehead atoms. The molecule has 1 amide bonds. The summed E-state index contributed by atoms with van der Waals surface area (Å²) in [7, 11) is 0. The number of fused-ring (bicyclic) bond motifs is 1. The van der Waals surface area contributed by atoms with Gasteiger partial charge in [0.05, 0.1) is 11.1 Å². The molecule has 5 heteroatoms. The molecule has 2 aliphatic heterocycles. The summed E-state index contributed by atoms with van der Waals surface area (Å²) in [5.41, 5.74) is 2.61. The van der Waals surface area contributed by atoms with Crippen molar-refractivity contribution in [1.29, 1.82) is 5.26 Å². The highest BCUT2D eigenvalue weighted by atomic mass is 16.2. The van der Waals surface area contributed by atoms with Crippen LogP contribution >= 0.6 is 0 Å². The molecule has 1 aromatic heterocycles. The van der Waals surface area contributed by atoms with E-state index in [1.807, 2.05) is 12.1 Å². The number of hydrogen-bond acceptors (Lipinski definition) is 4. The molecule has 158 valence electrons. The van der Waals surface area contributed by atoms with Crippen molar-refractivity contribution >= 4 is 16.8 Å². The highest BCUT2D eigenvalue weighted by Crippen LogP contribution is 2.33. The minimum absolute atomic E-state index is 0.310. The number of nitriles is 1. The molecule has 1 atom stereocenters. The van der Waals surface area contributed by atoms with Gasteiger partial charge in [-0.3, -0.25) is 9.78 Å². The number of carbonyl (C=O) groups excluding carboxylic acids is 1. The van der Waals surface area contributed by atoms with Crippen molar-refractivity contribution in [2.24, 2.45) is 5.92 Å². The molecule has 3 heterocycles. The zero-order valence-corrected chi connectivity index (χ0v) is 18.2. The maximum Gasteiger partial charge on any atom is 0.222 e. The summed E-state index contributed by atoms with van der Waals surface area (Å²) >= 11 is 0. The van der Waals surface area contributed by atoms with Crippen LogP contribution in [0.5, 0.6) is 0 Å². The Bertz CT molecular complexity index is 940. The third kappa shape index (κ3) is 4.34. The first-order valence-corrected chi connectivity index (χ1v) is 11.4. The predicted octanol–water partition coefficient (Wildman–Crippen LogP) is 4.32. The fourth-order valence-corrected chi connectivity index (χ4v) is 5.15. The summed E-state index contributed by atoms with van der Waals surface area (Å²) in [6.07, 6.45) is 6.80. The number of piperidine rings is 2. The van der Waals surface area contributed by atoms with E-state index < -0.39 is 0 Å². The molecule has 2 saturated heterocycles. The molecule has 0 unspecified atom stereocenters. The highest BCUT2D eigenvalue weighted by molar-refractivity contribution is 5.87. The van der Waals surface area contributed by atoms with Crippen LogP contribution in [0.1, 0.15) is 63.0 Å². The second-order valence-corrected chi connectivity index (χ2v) is 9.17. The maximum absolute atomic E-state index is 13.1. The SMILES string of the molecule is CC(C)N1CCC(CC(=O)N2CCC[C@@H](c3ccc(C#N)c4ncccc34)C2)CC1. The van der Waals surface area contributed by atoms with Crippen molar-refractivity contribution in [1.82, 2.24) is 14.8 Å². The molecular formula is C25H32N4O. The fourth-order valence-electron chi connectivity index (χ4n) is 5.15. The molecule has 0 N–H and O–H groups in total. The number of pyridine rings is 1. The zero-order chi connectivity index (χ0) is 21.1. The number of amides is 1. The lowest BCUT2D eigenvalue weighted by Crippen LogP contribution is -2.42. The number of hydrogen-bond donors (Lipinski definition) is 0. The molecule has 0 spiro atoms. The molecule has 2 aromatic rings. The van der Waals surface area contributed by atoms with Gasteiger partial charge < -0.3 is 9.80 Å². The molecule has 1 aromatic carbocycles. The molecular weight excluding hydrogens is 372 g/mol. The van der Waals surface area contributed by atoms with Gasteiger partial charge in [-0.1, -0.05) is 12.1 Å². The molecule has 0 radical (unpaired) electrons. The molecule has 5 nitrogen and oxygen atoms in total. The van der Waals surface area contributed by atoms with Gasteiger partial charge in [0.1, 0.15) is 6.07 Å². The molecule has 2 fully saturated rings. The highest BCUT2D eigenvalue weighted by Gasteiger charge is 2.29. The molecule has 0 saturated carbocycles. The van der Waals surface area contributed by atoms with Gasteiger partial charge in [-0.25, -0.2) is 0 Å². The molecule has 30 heavy (non-hydrogen) atoms. The fraction of sp³-hybridized carbons (Fsp3) is 0.560. The third-order valence-corrected chi connectivity index (χ3v) is 6.98. The molecule has 0 aliphatic carbocycles. The van der Waals surface area contributed by atoms with E-state index in [-0.39, 0.29) is 0 Å². The van der Waals surface area contributed by atoms with E-state index in [0.29, 0.717) is 35.8 Å². The third-order valence-electron chi connectivity index (χ3n) is 6.98. The van der Waals surface area contributed by atoms with Crippen molar-refractivity contribution in [2.45, 2.75) is 57.9 Å². The standard InChI is InChI=1S/C25H32N4O/c1-18(2)28-13-9-19(10-14-28)15-24(30)29-12-4-5-21(17-29)22-8-7-20(16-26)25-23(22)6-3-11-27-25/h3,6-8,11,18-19,21H,4-5,9-10,12-15,17H2,1-2H3/t21-/m1/s1. The average molecular weight is 405 g/mol. The van der Waals surface area contributed by atoms with Crippen LogP contribution in [0.2, 0.25) is 0 Å². The van der Waals surface area contributed by atoms with Crippen molar-refractivity contribution < 1.29 is 4.79 Å². The Labute approximate surface area is 179 Å². The van der Waals surface area contributed by atoms with Crippen LogP contribution in [0.15, 0.2) is 30.5 Å². The first kappa shape index (κ1) is 20.8. The topological polar surface area (TPSA) is 60.2 Å². The first-order valence-electron chi connectivity index (χ1n) is 11.4. The minimum Gasteiger partial charge on any atom is -0.342 e. The van der Waals surface area contributed by atoms with Crippen LogP contribution in [-0.4, -0.2) is 52.9 Å². The number of rotatable bonds is 4. The Balaban J connectivity index is 1.44. The van der Waals surface area contributed by atoms with Crippen LogP contribution < -0.4 is 0 Å². The minimum atomic E-state index is 0.310. The molecule has 2 aliphatic rings. The Morgan fingerprint density at radius 2 is 2.00 bits per heavy atom. The van der Waals surface area contributed by atoms with E-state index in [1.54, 1.807) is 6.20 Å². The van der Waals surface area contributed by atoms with Crippen LogP contribution in [0.3, 0.4) is 0 Å². The quantitative estimate of drug-likeness (QED) is 0.761. The zero-order valence-electron chi connectivity index (χ0n) is 18.2. The van der Waals surface area contributed by atoms with E-state index >= 15 is 0 Å². The lowest BCUT2D eigenvalue weighted by molar-refractivity contribution is -0.133. The van der Waals surface area contributed by atoms with Gasteiger partial charge in [-0.15, -0.1) is 0 Å². The summed E-state index contributed by atoms with van der Waals surface area (Å²) in [6.45, 7) is 8.38. The van der Waals surface area contributed by atoms with Crippen LogP contribution in [0, 0.1) is 17.2 Å². The van der Waals surface area contributed by atoms with Gasteiger partial charge >= 0.3 is 0 Å². The normalized spacial score (nSPS) is 21.1. The average Bonchev–Trinajstić information content (AvgIpc) is 2.78. The van der Waals surface area contributed by atoms with Crippen molar-refractivity contribution in [3.63, 3.8) is 0 Å². The summed E-state index contributed by atoms with van der Waals surface area (Å²) in [4.78, 5) is 22.1. The Morgan fingerprint density at radius 3 is 2.73 bits per heavy atom. The van der Waals surface area contributed by atoms with Gasteiger partial charge in [0.2, 0.25) is 5.91 Å². The van der Waals surface area contributed by atoms with Gasteiger partial charge in [-0.05, 0) is 76.2 Å². The number of likely N-dealkylation sites (tertiary alicyclic amines) is 2. The van der Waals surface area contributed by atoms with E-state index in [9.17, 15) is 10.1 Å². The smallest absolute Gasteiger partial charge is 0.222 e. The van der Waals surface area contributed by atoms with Crippen molar-refractivity contribution in [3.05, 3.63) is 41.6 Å². The largest absolute Gasteiger partial charge is 0.342 e. The lowest BCUT2D eigenvalue weighted by Gasteiger charge is -2.37. The van der Waals surface area contributed by atoms with Crippen molar-refractivity contribution in [2.75, 3.05) is 26.2 Å². The second-order valence-electron chi connectivity index (χ2n) is 9.17. The Hall–Kier alpha value is -2.45. The lowest BCUT2D eigenvalue weighted by atomic mass is 9.86. The van der Waals surface area contributed by atoms with Crippen molar-refractivity contribution in [3.8, 4) is 6.07 Å². The van der Waals surface area contributed by atoms with Gasteiger partial charge in [0.25, 0.3) is 0 Å². The first-order chi connectivity index (χ1) is 14.6. The van der Waals surface area contributed by atoms with Gasteiger partial charge in [0, 0.05) is 43.1 Å². The monoisotopic (exact) mass is 404 g/mol. The summed E-state index contributed by atoms with van der Waals surface area (Å²) < 4.78 is 0. The van der Waals surface area contributed by atoms with Gasteiger partial charge in [-0.2, -0.15) is 5.26 Å². The Kier molecular flexibility index (Phi) is 6.34. The van der Waals surface area contributed by atoms with Crippen LogP contribution in [-0.2, 0) is 4.79 Å². The predicted molar refractivity (Wildman–Crippen MR) is 119 cm³/mol. The number of aromatic nitrogens is 1.